The zero-order chi connectivity index (χ0) is 16.4. The van der Waals surface area contributed by atoms with Gasteiger partial charge in [0, 0.05) is 22.2 Å². The molecule has 2 aromatic carbocycles. The number of carbonyl (C=O) groups is 1. The number of benzene rings is 2. The summed E-state index contributed by atoms with van der Waals surface area (Å²) in [5.74, 6) is -0.322. The Morgan fingerprint density at radius 3 is 2.35 bits per heavy atom. The van der Waals surface area contributed by atoms with Crippen molar-refractivity contribution in [3.63, 3.8) is 0 Å². The molecule has 0 amide bonds. The minimum absolute atomic E-state index is 0.0137. The van der Waals surface area contributed by atoms with Crippen molar-refractivity contribution < 1.29 is 14.5 Å². The standard InChI is InChI=1S/C16H9BrN2O4/c17-12-5-3-11(4-6-12)15-18-14(16(20)23-15)9-10-1-7-13(8-2-10)19(21)22/h1-9H/b14-9-. The number of non-ortho nitro benzene ring substituents is 1. The van der Waals surface area contributed by atoms with Gasteiger partial charge in [0.2, 0.25) is 5.90 Å². The Labute approximate surface area is 139 Å². The molecule has 7 heteroatoms. The second-order valence-corrected chi connectivity index (χ2v) is 5.61. The Bertz CT molecular complexity index is 839. The Kier molecular flexibility index (Phi) is 4.03. The van der Waals surface area contributed by atoms with Crippen LogP contribution in [0, 0.1) is 10.1 Å². The molecular formula is C16H9BrN2O4. The number of halogens is 1. The van der Waals surface area contributed by atoms with Crippen LogP contribution in [0.5, 0.6) is 0 Å². The number of aliphatic imine (C=N–C) groups is 1. The third-order valence-electron chi connectivity index (χ3n) is 3.12. The fourth-order valence-corrected chi connectivity index (χ4v) is 2.24. The van der Waals surface area contributed by atoms with Crippen molar-refractivity contribution in [3.05, 3.63) is 79.9 Å². The number of esters is 1. The van der Waals surface area contributed by atoms with Crippen LogP contribution in [0.3, 0.4) is 0 Å². The molecule has 114 valence electrons. The molecular weight excluding hydrogens is 364 g/mol. The van der Waals surface area contributed by atoms with Crippen molar-refractivity contribution in [1.29, 1.82) is 0 Å². The summed E-state index contributed by atoms with van der Waals surface area (Å²) in [6, 6.07) is 13.0. The van der Waals surface area contributed by atoms with Gasteiger partial charge in [-0.25, -0.2) is 9.79 Å². The van der Waals surface area contributed by atoms with Crippen molar-refractivity contribution in [3.8, 4) is 0 Å². The van der Waals surface area contributed by atoms with Gasteiger partial charge in [0.1, 0.15) is 0 Å². The predicted octanol–water partition coefficient (Wildman–Crippen LogP) is 3.70. The second-order valence-electron chi connectivity index (χ2n) is 4.69. The third-order valence-corrected chi connectivity index (χ3v) is 3.65. The van der Waals surface area contributed by atoms with E-state index in [1.54, 1.807) is 24.3 Å². The zero-order valence-electron chi connectivity index (χ0n) is 11.6. The van der Waals surface area contributed by atoms with Crippen LogP contribution in [0.4, 0.5) is 5.69 Å². The Balaban J connectivity index is 1.88. The molecule has 0 bridgehead atoms. The van der Waals surface area contributed by atoms with Gasteiger partial charge < -0.3 is 4.74 Å². The van der Waals surface area contributed by atoms with E-state index in [2.05, 4.69) is 20.9 Å². The Hall–Kier alpha value is -2.80. The number of nitrogens with zero attached hydrogens (tertiary/aromatic N) is 2. The summed E-state index contributed by atoms with van der Waals surface area (Å²) < 4.78 is 6.06. The van der Waals surface area contributed by atoms with Crippen molar-refractivity contribution >= 4 is 39.6 Å². The van der Waals surface area contributed by atoms with E-state index >= 15 is 0 Å². The van der Waals surface area contributed by atoms with E-state index in [-0.39, 0.29) is 17.3 Å². The molecule has 1 aliphatic rings. The summed E-state index contributed by atoms with van der Waals surface area (Å²) in [6.45, 7) is 0. The number of hydrogen-bond acceptors (Lipinski definition) is 5. The van der Waals surface area contributed by atoms with Crippen LogP contribution in [-0.4, -0.2) is 16.8 Å². The van der Waals surface area contributed by atoms with Crippen LogP contribution in [0.2, 0.25) is 0 Å². The van der Waals surface area contributed by atoms with E-state index in [0.717, 1.165) is 4.47 Å². The molecule has 0 atom stereocenters. The van der Waals surface area contributed by atoms with Gasteiger partial charge in [-0.05, 0) is 48.0 Å². The lowest BCUT2D eigenvalue weighted by atomic mass is 10.2. The SMILES string of the molecule is O=C1OC(c2ccc(Br)cc2)=N/C1=C\c1ccc([N+](=O)[O-])cc1. The van der Waals surface area contributed by atoms with Crippen molar-refractivity contribution in [2.45, 2.75) is 0 Å². The van der Waals surface area contributed by atoms with Gasteiger partial charge in [-0.2, -0.15) is 0 Å². The average molecular weight is 373 g/mol. The van der Waals surface area contributed by atoms with Gasteiger partial charge in [0.15, 0.2) is 5.70 Å². The first-order valence-electron chi connectivity index (χ1n) is 6.56. The van der Waals surface area contributed by atoms with Crippen LogP contribution >= 0.6 is 15.9 Å². The van der Waals surface area contributed by atoms with Gasteiger partial charge >= 0.3 is 5.97 Å². The summed E-state index contributed by atoms with van der Waals surface area (Å²) >= 11 is 3.33. The monoisotopic (exact) mass is 372 g/mol. The molecule has 1 aliphatic heterocycles. The molecule has 0 spiro atoms. The Morgan fingerprint density at radius 2 is 1.74 bits per heavy atom. The topological polar surface area (TPSA) is 81.8 Å². The largest absolute Gasteiger partial charge is 0.402 e. The highest BCUT2D eigenvalue weighted by Crippen LogP contribution is 2.21. The van der Waals surface area contributed by atoms with Gasteiger partial charge in [-0.3, -0.25) is 10.1 Å². The van der Waals surface area contributed by atoms with E-state index in [0.29, 0.717) is 11.1 Å². The minimum atomic E-state index is -0.554. The van der Waals surface area contributed by atoms with Crippen molar-refractivity contribution in [1.82, 2.24) is 0 Å². The van der Waals surface area contributed by atoms with Crippen LogP contribution in [-0.2, 0) is 9.53 Å². The van der Waals surface area contributed by atoms with Gasteiger partial charge in [-0.15, -0.1) is 0 Å². The molecule has 0 aromatic heterocycles. The molecule has 23 heavy (non-hydrogen) atoms. The highest BCUT2D eigenvalue weighted by Gasteiger charge is 2.24. The van der Waals surface area contributed by atoms with E-state index < -0.39 is 10.9 Å². The quantitative estimate of drug-likeness (QED) is 0.356. The fraction of sp³-hybridized carbons (Fsp3) is 0. The minimum Gasteiger partial charge on any atom is -0.402 e. The number of carbonyl (C=O) groups excluding carboxylic acids is 1. The van der Waals surface area contributed by atoms with E-state index in [9.17, 15) is 14.9 Å². The van der Waals surface area contributed by atoms with Crippen LogP contribution in [0.25, 0.3) is 6.08 Å². The molecule has 0 unspecified atom stereocenters. The summed E-state index contributed by atoms with van der Waals surface area (Å²) in [5, 5.41) is 10.6. The molecule has 1 heterocycles. The zero-order valence-corrected chi connectivity index (χ0v) is 13.2. The Morgan fingerprint density at radius 1 is 1.09 bits per heavy atom. The first-order chi connectivity index (χ1) is 11.0. The number of cyclic esters (lactones) is 1. The molecule has 0 radical (unpaired) electrons. The number of nitro benzene ring substituents is 1. The maximum Gasteiger partial charge on any atom is 0.363 e. The van der Waals surface area contributed by atoms with Gasteiger partial charge in [0.05, 0.1) is 4.92 Å². The van der Waals surface area contributed by atoms with Gasteiger partial charge in [0.25, 0.3) is 5.69 Å². The maximum atomic E-state index is 11.9. The summed E-state index contributed by atoms with van der Waals surface area (Å²) in [6.07, 6.45) is 1.53. The fourth-order valence-electron chi connectivity index (χ4n) is 1.98. The van der Waals surface area contributed by atoms with Crippen molar-refractivity contribution in [2.24, 2.45) is 4.99 Å². The van der Waals surface area contributed by atoms with E-state index in [1.807, 2.05) is 12.1 Å². The lowest BCUT2D eigenvalue weighted by Gasteiger charge is -1.98. The molecule has 0 N–H and O–H groups in total. The number of nitro groups is 1. The lowest BCUT2D eigenvalue weighted by Crippen LogP contribution is -2.05. The van der Waals surface area contributed by atoms with Crippen molar-refractivity contribution in [2.75, 3.05) is 0 Å². The maximum absolute atomic E-state index is 11.9. The van der Waals surface area contributed by atoms with E-state index in [1.165, 1.54) is 18.2 Å². The van der Waals surface area contributed by atoms with Gasteiger partial charge in [-0.1, -0.05) is 15.9 Å². The first kappa shape index (κ1) is 15.1. The smallest absolute Gasteiger partial charge is 0.363 e. The molecule has 3 rings (SSSR count). The number of ether oxygens (including phenoxy) is 1. The average Bonchev–Trinajstić information content (AvgIpc) is 2.89. The summed E-state index contributed by atoms with van der Waals surface area (Å²) in [4.78, 5) is 26.2. The number of rotatable bonds is 3. The van der Waals surface area contributed by atoms with E-state index in [4.69, 9.17) is 4.74 Å². The predicted molar refractivity (Wildman–Crippen MR) is 87.8 cm³/mol. The first-order valence-corrected chi connectivity index (χ1v) is 7.35. The highest BCUT2D eigenvalue weighted by molar-refractivity contribution is 9.10. The molecule has 0 saturated carbocycles. The molecule has 6 nitrogen and oxygen atoms in total. The molecule has 0 fully saturated rings. The van der Waals surface area contributed by atoms with Crippen LogP contribution in [0.1, 0.15) is 11.1 Å². The number of hydrogen-bond donors (Lipinski definition) is 0. The van der Waals surface area contributed by atoms with Crippen LogP contribution < -0.4 is 0 Å². The highest BCUT2D eigenvalue weighted by atomic mass is 79.9. The summed E-state index contributed by atoms with van der Waals surface area (Å²) in [5.41, 5.74) is 1.45. The third kappa shape index (κ3) is 3.35. The molecule has 0 saturated heterocycles. The van der Waals surface area contributed by atoms with Crippen LogP contribution in [0.15, 0.2) is 63.7 Å². The summed E-state index contributed by atoms with van der Waals surface area (Å²) in [7, 11) is 0. The second kappa shape index (κ2) is 6.13. The lowest BCUT2D eigenvalue weighted by molar-refractivity contribution is -0.384. The molecule has 2 aromatic rings. The normalized spacial score (nSPS) is 15.4. The molecule has 0 aliphatic carbocycles.